The molecule has 62 heavy (non-hydrogen) atoms. The lowest BCUT2D eigenvalue weighted by atomic mass is 10.1. The van der Waals surface area contributed by atoms with Gasteiger partial charge in [0, 0.05) is 6.20 Å². The summed E-state index contributed by atoms with van der Waals surface area (Å²) in [4.78, 5) is 68.5. The minimum absolute atomic E-state index is 0.0111. The van der Waals surface area contributed by atoms with Gasteiger partial charge in [0.1, 0.15) is 5.75 Å². The molecule has 22 heteroatoms. The van der Waals surface area contributed by atoms with Crippen LogP contribution in [0.5, 0.6) is 92.0 Å². The molecular formula is C40H25NO21. The number of hydrogen-bond acceptors (Lipinski definition) is 22. The van der Waals surface area contributed by atoms with Crippen LogP contribution in [0.3, 0.4) is 0 Å². The third-order valence-corrected chi connectivity index (χ3v) is 8.12. The minimum atomic E-state index is -1.50. The van der Waals surface area contributed by atoms with Crippen LogP contribution in [0.15, 0.2) is 85.2 Å². The van der Waals surface area contributed by atoms with Crippen LogP contribution in [-0.4, -0.2) is 91.0 Å². The summed E-state index contributed by atoms with van der Waals surface area (Å²) in [7, 11) is 0. The molecule has 0 aliphatic carbocycles. The van der Waals surface area contributed by atoms with Gasteiger partial charge < -0.3 is 79.9 Å². The summed E-state index contributed by atoms with van der Waals surface area (Å²) in [5, 5.41) is 111. The van der Waals surface area contributed by atoms with E-state index in [1.807, 2.05) is 0 Å². The number of nitrogens with zero attached hydrogens (tertiary/aromatic N) is 1. The monoisotopic (exact) mass is 855 g/mol. The SMILES string of the molecule is O=C(Oc1cccnc1)c1cc(O)c(O)c(OC(=O)c2cc(O)c(O)c(OC(=O)c3cc(O)c(O)c(OC(=O)c4cc(O)c(O)c(OC(=O)c5cc(O)c(O)c(O)c5)c4)c3)c2)c1. The van der Waals surface area contributed by atoms with E-state index in [9.17, 15) is 80.1 Å². The molecule has 5 aromatic carbocycles. The Hall–Kier alpha value is -9.60. The first-order chi connectivity index (χ1) is 29.3. The molecule has 0 aliphatic heterocycles. The Balaban J connectivity index is 1.20. The number of esters is 5. The zero-order chi connectivity index (χ0) is 45.2. The van der Waals surface area contributed by atoms with Crippen LogP contribution in [-0.2, 0) is 0 Å². The van der Waals surface area contributed by atoms with E-state index in [0.717, 1.165) is 12.1 Å². The predicted octanol–water partition coefficient (Wildman–Crippen LogP) is 3.94. The fourth-order valence-electron chi connectivity index (χ4n) is 5.09. The van der Waals surface area contributed by atoms with Gasteiger partial charge in [-0.05, 0) is 72.8 Å². The number of hydrogen-bond donors (Lipinski definition) is 11. The van der Waals surface area contributed by atoms with Gasteiger partial charge in [0.15, 0.2) is 63.2 Å². The summed E-state index contributed by atoms with van der Waals surface area (Å²) in [6.07, 6.45) is 2.61. The number of phenols is 11. The normalized spacial score (nSPS) is 10.6. The van der Waals surface area contributed by atoms with Crippen LogP contribution in [0.25, 0.3) is 0 Å². The number of pyridine rings is 1. The fourth-order valence-corrected chi connectivity index (χ4v) is 5.09. The van der Waals surface area contributed by atoms with Gasteiger partial charge in [-0.3, -0.25) is 4.98 Å². The maximum Gasteiger partial charge on any atom is 0.343 e. The van der Waals surface area contributed by atoms with E-state index in [2.05, 4.69) is 4.98 Å². The van der Waals surface area contributed by atoms with Crippen LogP contribution in [0, 0.1) is 0 Å². The standard InChI is InChI=1S/C40H25NO21/c42-21-4-15(5-22(43)31(21)48)37(54)59-28-11-17(7-24(45)33(28)50)39(56)61-30-13-19(9-26(47)35(30)52)40(57)62-29-12-18(8-25(46)34(29)51)38(55)60-27-10-16(6-23(44)32(27)49)36(53)58-20-2-1-3-41-14-20/h1-14,42-52H. The van der Waals surface area contributed by atoms with Crippen molar-refractivity contribution in [3.8, 4) is 92.0 Å². The van der Waals surface area contributed by atoms with Crippen LogP contribution in [0.4, 0.5) is 0 Å². The van der Waals surface area contributed by atoms with Gasteiger partial charge in [-0.2, -0.15) is 0 Å². The van der Waals surface area contributed by atoms with Crippen LogP contribution in [0.1, 0.15) is 51.8 Å². The predicted molar refractivity (Wildman–Crippen MR) is 200 cm³/mol. The third kappa shape index (κ3) is 8.77. The second kappa shape index (κ2) is 16.7. The molecule has 1 heterocycles. The number of aromatic hydroxyl groups is 11. The summed E-state index contributed by atoms with van der Waals surface area (Å²) < 4.78 is 25.3. The van der Waals surface area contributed by atoms with Crippen molar-refractivity contribution in [1.29, 1.82) is 0 Å². The van der Waals surface area contributed by atoms with Gasteiger partial charge in [-0.1, -0.05) is 0 Å². The molecule has 0 radical (unpaired) electrons. The number of ether oxygens (including phenoxy) is 5. The quantitative estimate of drug-likeness (QED) is 0.0528. The van der Waals surface area contributed by atoms with E-state index in [0.29, 0.717) is 48.5 Å². The lowest BCUT2D eigenvalue weighted by molar-refractivity contribution is 0.0700. The van der Waals surface area contributed by atoms with Crippen LogP contribution < -0.4 is 23.7 Å². The zero-order valence-corrected chi connectivity index (χ0v) is 30.5. The molecule has 316 valence electrons. The Morgan fingerprint density at radius 2 is 0.613 bits per heavy atom. The number of carbonyl (C=O) groups excluding carboxylic acids is 5. The first kappa shape index (κ1) is 42.0. The number of aromatic nitrogens is 1. The highest BCUT2D eigenvalue weighted by Crippen LogP contribution is 2.43. The largest absolute Gasteiger partial charge is 0.504 e. The topological polar surface area (TPSA) is 367 Å². The number of phenolic OH excluding ortho intramolecular Hbond substituents is 11. The van der Waals surface area contributed by atoms with Crippen molar-refractivity contribution in [1.82, 2.24) is 4.98 Å². The van der Waals surface area contributed by atoms with E-state index in [1.54, 1.807) is 0 Å². The van der Waals surface area contributed by atoms with Crippen LogP contribution >= 0.6 is 0 Å². The van der Waals surface area contributed by atoms with Crippen molar-refractivity contribution < 1.29 is 104 Å². The highest BCUT2D eigenvalue weighted by atomic mass is 16.6. The van der Waals surface area contributed by atoms with Gasteiger partial charge in [0.05, 0.1) is 34.0 Å². The van der Waals surface area contributed by atoms with Gasteiger partial charge in [0.25, 0.3) is 0 Å². The molecule has 0 amide bonds. The highest BCUT2D eigenvalue weighted by molar-refractivity contribution is 5.98. The highest BCUT2D eigenvalue weighted by Gasteiger charge is 2.26. The second-order valence-corrected chi connectivity index (χ2v) is 12.4. The molecule has 6 aromatic rings. The summed E-state index contributed by atoms with van der Waals surface area (Å²) in [6, 6.07) is 9.69. The average Bonchev–Trinajstić information content (AvgIpc) is 3.23. The lowest BCUT2D eigenvalue weighted by Gasteiger charge is -2.13. The molecule has 0 aliphatic rings. The maximum absolute atomic E-state index is 13.2. The maximum atomic E-state index is 13.2. The molecule has 0 saturated carbocycles. The van der Waals surface area contributed by atoms with E-state index >= 15 is 0 Å². The van der Waals surface area contributed by atoms with Gasteiger partial charge in [-0.25, -0.2) is 24.0 Å². The molecule has 0 bridgehead atoms. The first-order valence-electron chi connectivity index (χ1n) is 16.8. The molecule has 0 saturated heterocycles. The Kier molecular flexibility index (Phi) is 11.3. The molecule has 22 nitrogen and oxygen atoms in total. The van der Waals surface area contributed by atoms with E-state index in [4.69, 9.17) is 23.7 Å². The summed E-state index contributed by atoms with van der Waals surface area (Å²) in [5.74, 6) is -21.6. The molecule has 11 N–H and O–H groups in total. The van der Waals surface area contributed by atoms with Crippen molar-refractivity contribution in [3.63, 3.8) is 0 Å². The van der Waals surface area contributed by atoms with E-state index in [1.165, 1.54) is 24.5 Å². The van der Waals surface area contributed by atoms with Gasteiger partial charge in [0.2, 0.25) is 23.0 Å². The second-order valence-electron chi connectivity index (χ2n) is 12.4. The van der Waals surface area contributed by atoms with E-state index < -0.39 is 144 Å². The fraction of sp³-hybridized carbons (Fsp3) is 0. The number of rotatable bonds is 10. The van der Waals surface area contributed by atoms with Crippen molar-refractivity contribution in [2.75, 3.05) is 0 Å². The van der Waals surface area contributed by atoms with E-state index in [-0.39, 0.29) is 5.75 Å². The minimum Gasteiger partial charge on any atom is -0.504 e. The molecule has 6 rings (SSSR count). The summed E-state index contributed by atoms with van der Waals surface area (Å²) >= 11 is 0. The van der Waals surface area contributed by atoms with Crippen molar-refractivity contribution in [2.45, 2.75) is 0 Å². The Labute approximate surface area is 343 Å². The molecule has 0 atom stereocenters. The Bertz CT molecular complexity index is 2820. The zero-order valence-electron chi connectivity index (χ0n) is 30.5. The molecule has 0 unspecified atom stereocenters. The number of carbonyl (C=O) groups is 5. The molecular weight excluding hydrogens is 830 g/mol. The average molecular weight is 856 g/mol. The van der Waals surface area contributed by atoms with Crippen molar-refractivity contribution in [3.05, 3.63) is 113 Å². The first-order valence-corrected chi connectivity index (χ1v) is 16.8. The van der Waals surface area contributed by atoms with Gasteiger partial charge in [-0.15, -0.1) is 0 Å². The van der Waals surface area contributed by atoms with Crippen LogP contribution in [0.2, 0.25) is 0 Å². The third-order valence-electron chi connectivity index (χ3n) is 8.12. The number of benzene rings is 5. The Morgan fingerprint density at radius 3 is 0.887 bits per heavy atom. The Morgan fingerprint density at radius 1 is 0.355 bits per heavy atom. The summed E-state index contributed by atoms with van der Waals surface area (Å²) in [5.41, 5.74) is -3.02. The van der Waals surface area contributed by atoms with Crippen molar-refractivity contribution in [2.24, 2.45) is 0 Å². The molecule has 0 fully saturated rings. The lowest BCUT2D eigenvalue weighted by Crippen LogP contribution is -2.14. The van der Waals surface area contributed by atoms with Crippen molar-refractivity contribution >= 4 is 29.8 Å². The smallest absolute Gasteiger partial charge is 0.343 e. The molecule has 0 spiro atoms. The summed E-state index contributed by atoms with van der Waals surface area (Å²) in [6.45, 7) is 0. The molecule has 1 aromatic heterocycles. The van der Waals surface area contributed by atoms with Gasteiger partial charge >= 0.3 is 29.8 Å².